The van der Waals surface area contributed by atoms with Gasteiger partial charge < -0.3 is 5.32 Å². The maximum Gasteiger partial charge on any atom is 0.347 e. The lowest BCUT2D eigenvalue weighted by atomic mass is 9.53. The van der Waals surface area contributed by atoms with Crippen LogP contribution in [0.5, 0.6) is 0 Å². The van der Waals surface area contributed by atoms with Crippen LogP contribution >= 0.6 is 0 Å². The number of anilines is 1. The maximum absolute atomic E-state index is 12.5. The summed E-state index contributed by atoms with van der Waals surface area (Å²) in [6, 6.07) is 0. The average molecular weight is 262 g/mol. The summed E-state index contributed by atoms with van der Waals surface area (Å²) in [5, 5.41) is 7.46. The number of nitrogens with zero attached hydrogens (tertiary/aromatic N) is 3. The van der Waals surface area contributed by atoms with Crippen molar-refractivity contribution in [3.63, 3.8) is 0 Å². The Morgan fingerprint density at radius 2 is 1.68 bits per heavy atom. The summed E-state index contributed by atoms with van der Waals surface area (Å²) in [6.07, 6.45) is 7.72. The number of nitrogens with one attached hydrogen (secondary N) is 1. The third-order valence-electron chi connectivity index (χ3n) is 5.63. The normalized spacial score (nSPS) is 39.8. The Morgan fingerprint density at radius 3 is 2.16 bits per heavy atom. The van der Waals surface area contributed by atoms with E-state index in [4.69, 9.17) is 0 Å². The van der Waals surface area contributed by atoms with Crippen LogP contribution < -0.4 is 11.0 Å². The standard InChI is InChI=1S/C14H22N4O/c1-15-12-16-17(2)13(19)18(12)14-6-9-3-10(7-14)5-11(4-9)8-14/h9-11H,3-8H2,1-2H3,(H,15,16). The largest absolute Gasteiger partial charge is 0.357 e. The van der Waals surface area contributed by atoms with Gasteiger partial charge in [-0.15, -0.1) is 5.10 Å². The SMILES string of the molecule is CNc1nn(C)c(=O)n1C12CC3CC(CC(C3)C1)C2. The summed E-state index contributed by atoms with van der Waals surface area (Å²) in [6.45, 7) is 0. The van der Waals surface area contributed by atoms with E-state index in [0.717, 1.165) is 23.7 Å². The molecule has 1 heterocycles. The van der Waals surface area contributed by atoms with E-state index in [2.05, 4.69) is 10.4 Å². The lowest BCUT2D eigenvalue weighted by Crippen LogP contribution is -2.54. The minimum atomic E-state index is 0.0475. The molecule has 4 aliphatic rings. The Labute approximate surface area is 113 Å². The van der Waals surface area contributed by atoms with Gasteiger partial charge in [0.2, 0.25) is 5.95 Å². The van der Waals surface area contributed by atoms with Crippen molar-refractivity contribution in [3.8, 4) is 0 Å². The molecule has 19 heavy (non-hydrogen) atoms. The molecular weight excluding hydrogens is 240 g/mol. The summed E-state index contributed by atoms with van der Waals surface area (Å²) in [4.78, 5) is 12.5. The van der Waals surface area contributed by atoms with Crippen LogP contribution in [0.1, 0.15) is 38.5 Å². The second-order valence-electron chi connectivity index (χ2n) is 6.96. The molecular formula is C14H22N4O. The van der Waals surface area contributed by atoms with E-state index in [0.29, 0.717) is 0 Å². The second kappa shape index (κ2) is 3.64. The van der Waals surface area contributed by atoms with Crippen LogP contribution in [-0.4, -0.2) is 21.4 Å². The molecule has 5 heteroatoms. The number of aryl methyl sites for hydroxylation is 1. The van der Waals surface area contributed by atoms with E-state index in [-0.39, 0.29) is 11.2 Å². The molecule has 5 nitrogen and oxygen atoms in total. The summed E-state index contributed by atoms with van der Waals surface area (Å²) in [5.41, 5.74) is 0.102. The quantitative estimate of drug-likeness (QED) is 0.879. The minimum Gasteiger partial charge on any atom is -0.357 e. The highest BCUT2D eigenvalue weighted by Crippen LogP contribution is 2.58. The number of aromatic nitrogens is 3. The molecule has 0 aliphatic heterocycles. The van der Waals surface area contributed by atoms with Gasteiger partial charge in [-0.25, -0.2) is 9.48 Å². The molecule has 5 rings (SSSR count). The molecule has 4 aliphatic carbocycles. The molecule has 1 N–H and O–H groups in total. The van der Waals surface area contributed by atoms with Crippen molar-refractivity contribution in [1.82, 2.24) is 14.3 Å². The topological polar surface area (TPSA) is 51.9 Å². The first-order valence-corrected chi connectivity index (χ1v) is 7.45. The van der Waals surface area contributed by atoms with Gasteiger partial charge in [-0.05, 0) is 56.3 Å². The van der Waals surface area contributed by atoms with Crippen LogP contribution in [0.3, 0.4) is 0 Å². The van der Waals surface area contributed by atoms with Crippen LogP contribution in [0.15, 0.2) is 4.79 Å². The fourth-order valence-corrected chi connectivity index (χ4v) is 5.39. The summed E-state index contributed by atoms with van der Waals surface area (Å²) in [7, 11) is 3.61. The lowest BCUT2D eigenvalue weighted by molar-refractivity contribution is -0.0439. The molecule has 4 bridgehead atoms. The molecule has 4 fully saturated rings. The van der Waals surface area contributed by atoms with Gasteiger partial charge in [-0.1, -0.05) is 0 Å². The highest BCUT2D eigenvalue weighted by atomic mass is 16.2. The molecule has 0 amide bonds. The number of hydrogen-bond donors (Lipinski definition) is 1. The third-order valence-corrected chi connectivity index (χ3v) is 5.63. The molecule has 0 radical (unpaired) electrons. The minimum absolute atomic E-state index is 0.0475. The first-order chi connectivity index (χ1) is 9.11. The van der Waals surface area contributed by atoms with Crippen molar-refractivity contribution >= 4 is 5.95 Å². The highest BCUT2D eigenvalue weighted by Gasteiger charge is 2.53. The van der Waals surface area contributed by atoms with Crippen LogP contribution in [0.2, 0.25) is 0 Å². The van der Waals surface area contributed by atoms with Crippen molar-refractivity contribution in [2.24, 2.45) is 24.8 Å². The van der Waals surface area contributed by atoms with E-state index in [9.17, 15) is 4.79 Å². The van der Waals surface area contributed by atoms with Crippen molar-refractivity contribution in [2.45, 2.75) is 44.1 Å². The van der Waals surface area contributed by atoms with Gasteiger partial charge >= 0.3 is 5.69 Å². The monoisotopic (exact) mass is 262 g/mol. The Bertz CT molecular complexity index is 535. The van der Waals surface area contributed by atoms with Crippen LogP contribution in [0.25, 0.3) is 0 Å². The fourth-order valence-electron chi connectivity index (χ4n) is 5.39. The molecule has 0 atom stereocenters. The number of rotatable bonds is 2. The van der Waals surface area contributed by atoms with Crippen molar-refractivity contribution in [3.05, 3.63) is 10.5 Å². The first-order valence-electron chi connectivity index (χ1n) is 7.45. The van der Waals surface area contributed by atoms with Crippen molar-refractivity contribution in [1.29, 1.82) is 0 Å². The van der Waals surface area contributed by atoms with Gasteiger partial charge in [0.1, 0.15) is 0 Å². The molecule has 0 spiro atoms. The Kier molecular flexibility index (Phi) is 2.22. The van der Waals surface area contributed by atoms with E-state index >= 15 is 0 Å². The predicted octanol–water partition coefficient (Wildman–Crippen LogP) is 1.55. The van der Waals surface area contributed by atoms with E-state index < -0.39 is 0 Å². The third kappa shape index (κ3) is 1.47. The summed E-state index contributed by atoms with van der Waals surface area (Å²) in [5.74, 6) is 3.25. The van der Waals surface area contributed by atoms with Crippen molar-refractivity contribution in [2.75, 3.05) is 12.4 Å². The summed E-state index contributed by atoms with van der Waals surface area (Å²) >= 11 is 0. The maximum atomic E-state index is 12.5. The molecule has 0 saturated heterocycles. The Balaban J connectivity index is 1.86. The molecule has 1 aromatic rings. The molecule has 0 unspecified atom stereocenters. The van der Waals surface area contributed by atoms with Gasteiger partial charge in [0.15, 0.2) is 0 Å². The fraction of sp³-hybridized carbons (Fsp3) is 0.857. The first kappa shape index (κ1) is 11.6. The Hall–Kier alpha value is -1.26. The number of hydrogen-bond acceptors (Lipinski definition) is 3. The lowest BCUT2D eigenvalue weighted by Gasteiger charge is -2.56. The summed E-state index contributed by atoms with van der Waals surface area (Å²) < 4.78 is 3.46. The molecule has 104 valence electrons. The zero-order chi connectivity index (χ0) is 13.2. The van der Waals surface area contributed by atoms with Gasteiger partial charge in [0, 0.05) is 14.1 Å². The van der Waals surface area contributed by atoms with Crippen molar-refractivity contribution < 1.29 is 0 Å². The van der Waals surface area contributed by atoms with E-state index in [1.54, 1.807) is 7.05 Å². The van der Waals surface area contributed by atoms with E-state index in [1.807, 2.05) is 11.6 Å². The van der Waals surface area contributed by atoms with Gasteiger partial charge in [-0.3, -0.25) is 4.57 Å². The van der Waals surface area contributed by atoms with Crippen LogP contribution in [0.4, 0.5) is 5.95 Å². The smallest absolute Gasteiger partial charge is 0.347 e. The van der Waals surface area contributed by atoms with Gasteiger partial charge in [-0.2, -0.15) is 0 Å². The van der Waals surface area contributed by atoms with E-state index in [1.165, 1.54) is 43.2 Å². The van der Waals surface area contributed by atoms with Gasteiger partial charge in [0.25, 0.3) is 0 Å². The van der Waals surface area contributed by atoms with Crippen LogP contribution in [0, 0.1) is 17.8 Å². The molecule has 0 aromatic carbocycles. The molecule has 4 saturated carbocycles. The van der Waals surface area contributed by atoms with Crippen LogP contribution in [-0.2, 0) is 12.6 Å². The van der Waals surface area contributed by atoms with Gasteiger partial charge in [0.05, 0.1) is 5.54 Å². The average Bonchev–Trinajstić information content (AvgIpc) is 2.64. The zero-order valence-electron chi connectivity index (χ0n) is 11.7. The predicted molar refractivity (Wildman–Crippen MR) is 73.2 cm³/mol. The molecule has 1 aromatic heterocycles. The Morgan fingerprint density at radius 1 is 1.16 bits per heavy atom. The highest BCUT2D eigenvalue weighted by molar-refractivity contribution is 5.26. The second-order valence-corrected chi connectivity index (χ2v) is 6.96. The zero-order valence-corrected chi connectivity index (χ0v) is 11.7.